The second-order valence-corrected chi connectivity index (χ2v) is 5.42. The number of rotatable bonds is 5. The Hall–Kier alpha value is -1.34. The van der Waals surface area contributed by atoms with Crippen LogP contribution in [-0.4, -0.2) is 20.7 Å². The van der Waals surface area contributed by atoms with Crippen LogP contribution < -0.4 is 4.72 Å². The van der Waals surface area contributed by atoms with Gasteiger partial charge in [-0.1, -0.05) is 6.92 Å². The maximum Gasteiger partial charge on any atom is 0.243 e. The lowest BCUT2D eigenvalue weighted by molar-refractivity contribution is 0.100. The van der Waals surface area contributed by atoms with Gasteiger partial charge in [-0.25, -0.2) is 21.9 Å². The highest BCUT2D eigenvalue weighted by molar-refractivity contribution is 7.89. The molecule has 0 aliphatic carbocycles. The van der Waals surface area contributed by atoms with Gasteiger partial charge in [0.1, 0.15) is 10.7 Å². The molecular weight excluding hydrogens is 264 g/mol. The van der Waals surface area contributed by atoms with Gasteiger partial charge in [-0.3, -0.25) is 4.79 Å². The van der Waals surface area contributed by atoms with Crippen LogP contribution in [0.4, 0.5) is 8.78 Å². The Morgan fingerprint density at radius 3 is 2.44 bits per heavy atom. The third-order valence-corrected chi connectivity index (χ3v) is 3.72. The van der Waals surface area contributed by atoms with Gasteiger partial charge in [0.2, 0.25) is 10.0 Å². The molecule has 1 rings (SSSR count). The van der Waals surface area contributed by atoms with Crippen molar-refractivity contribution in [3.8, 4) is 0 Å². The molecule has 0 aliphatic rings. The van der Waals surface area contributed by atoms with Crippen LogP contribution in [0.3, 0.4) is 0 Å². The van der Waals surface area contributed by atoms with Crippen LogP contribution in [0.2, 0.25) is 0 Å². The van der Waals surface area contributed by atoms with Crippen molar-refractivity contribution in [2.75, 3.05) is 6.54 Å². The summed E-state index contributed by atoms with van der Waals surface area (Å²) in [7, 11) is -4.07. The number of Topliss-reactive ketones (excluding diaryl/α,β-unsaturated/α-hetero) is 1. The molecule has 0 amide bonds. The zero-order valence-electron chi connectivity index (χ0n) is 9.96. The summed E-state index contributed by atoms with van der Waals surface area (Å²) in [6, 6.07) is 1.56. The summed E-state index contributed by atoms with van der Waals surface area (Å²) in [5.41, 5.74) is -0.839. The average molecular weight is 277 g/mol. The first-order valence-corrected chi connectivity index (χ1v) is 6.78. The summed E-state index contributed by atoms with van der Waals surface area (Å²) in [4.78, 5) is 10.4. The smallest absolute Gasteiger partial charge is 0.243 e. The quantitative estimate of drug-likeness (QED) is 0.835. The number of nitrogens with one attached hydrogen (secondary N) is 1. The SMILES string of the molecule is CCCNS(=O)(=O)c1ccc(F)c(C(C)=O)c1F. The minimum absolute atomic E-state index is 0.133. The normalized spacial score (nSPS) is 11.6. The molecule has 18 heavy (non-hydrogen) atoms. The van der Waals surface area contributed by atoms with E-state index in [0.717, 1.165) is 19.1 Å². The number of benzene rings is 1. The van der Waals surface area contributed by atoms with Gasteiger partial charge in [0.05, 0.1) is 5.56 Å². The van der Waals surface area contributed by atoms with Crippen molar-refractivity contribution in [1.82, 2.24) is 4.72 Å². The Morgan fingerprint density at radius 2 is 1.94 bits per heavy atom. The van der Waals surface area contributed by atoms with E-state index in [4.69, 9.17) is 0 Å². The molecule has 1 aromatic rings. The number of carbonyl (C=O) groups is 1. The van der Waals surface area contributed by atoms with E-state index in [0.29, 0.717) is 6.42 Å². The highest BCUT2D eigenvalue weighted by atomic mass is 32.2. The molecule has 7 heteroatoms. The van der Waals surface area contributed by atoms with Gasteiger partial charge in [0, 0.05) is 6.54 Å². The van der Waals surface area contributed by atoms with Gasteiger partial charge in [-0.05, 0) is 25.5 Å². The summed E-state index contributed by atoms with van der Waals surface area (Å²) in [6.45, 7) is 2.84. The largest absolute Gasteiger partial charge is 0.294 e. The molecule has 100 valence electrons. The van der Waals surface area contributed by atoms with Crippen LogP contribution in [0.5, 0.6) is 0 Å². The summed E-state index contributed by atoms with van der Waals surface area (Å²) < 4.78 is 52.6. The maximum absolute atomic E-state index is 13.8. The predicted octanol–water partition coefficient (Wildman–Crippen LogP) is 1.86. The molecule has 1 aromatic carbocycles. The lowest BCUT2D eigenvalue weighted by Crippen LogP contribution is -2.26. The molecule has 0 unspecified atom stereocenters. The van der Waals surface area contributed by atoms with Crippen molar-refractivity contribution in [2.24, 2.45) is 0 Å². The van der Waals surface area contributed by atoms with Crippen LogP contribution in [-0.2, 0) is 10.0 Å². The lowest BCUT2D eigenvalue weighted by atomic mass is 10.1. The molecule has 4 nitrogen and oxygen atoms in total. The predicted molar refractivity (Wildman–Crippen MR) is 61.8 cm³/mol. The number of ketones is 1. The van der Waals surface area contributed by atoms with E-state index in [9.17, 15) is 22.0 Å². The van der Waals surface area contributed by atoms with E-state index in [-0.39, 0.29) is 6.54 Å². The number of carbonyl (C=O) groups excluding carboxylic acids is 1. The Morgan fingerprint density at radius 1 is 1.33 bits per heavy atom. The highest BCUT2D eigenvalue weighted by Gasteiger charge is 2.24. The van der Waals surface area contributed by atoms with E-state index in [1.165, 1.54) is 0 Å². The first kappa shape index (κ1) is 14.7. The second-order valence-electron chi connectivity index (χ2n) is 3.69. The number of hydrogen-bond donors (Lipinski definition) is 1. The van der Waals surface area contributed by atoms with Crippen molar-refractivity contribution >= 4 is 15.8 Å². The molecule has 0 fully saturated rings. The standard InChI is InChI=1S/C11H13F2NO3S/c1-3-6-14-18(16,17)9-5-4-8(12)10(7(2)15)11(9)13/h4-5,14H,3,6H2,1-2H3. The fourth-order valence-electron chi connectivity index (χ4n) is 1.38. The minimum atomic E-state index is -4.07. The van der Waals surface area contributed by atoms with Crippen LogP contribution in [0, 0.1) is 11.6 Å². The van der Waals surface area contributed by atoms with Crippen LogP contribution in [0.15, 0.2) is 17.0 Å². The van der Waals surface area contributed by atoms with E-state index in [1.54, 1.807) is 6.92 Å². The van der Waals surface area contributed by atoms with E-state index in [2.05, 4.69) is 4.72 Å². The Bertz CT molecular complexity index is 570. The zero-order valence-corrected chi connectivity index (χ0v) is 10.8. The van der Waals surface area contributed by atoms with Crippen molar-refractivity contribution in [3.63, 3.8) is 0 Å². The molecular formula is C11H13F2NO3S. The van der Waals surface area contributed by atoms with E-state index >= 15 is 0 Å². The minimum Gasteiger partial charge on any atom is -0.294 e. The van der Waals surface area contributed by atoms with Crippen LogP contribution in [0.25, 0.3) is 0 Å². The maximum atomic E-state index is 13.8. The monoisotopic (exact) mass is 277 g/mol. The molecule has 0 spiro atoms. The van der Waals surface area contributed by atoms with Crippen molar-refractivity contribution in [2.45, 2.75) is 25.2 Å². The molecule has 1 N–H and O–H groups in total. The third-order valence-electron chi connectivity index (χ3n) is 2.24. The summed E-state index contributed by atoms with van der Waals surface area (Å²) in [5, 5.41) is 0. The van der Waals surface area contributed by atoms with Gasteiger partial charge in [-0.2, -0.15) is 0 Å². The van der Waals surface area contributed by atoms with Gasteiger partial charge >= 0.3 is 0 Å². The zero-order chi connectivity index (χ0) is 13.9. The van der Waals surface area contributed by atoms with Gasteiger partial charge in [-0.15, -0.1) is 0 Å². The third kappa shape index (κ3) is 2.91. The molecule has 0 heterocycles. The lowest BCUT2D eigenvalue weighted by Gasteiger charge is -2.09. The van der Waals surface area contributed by atoms with E-state index in [1.807, 2.05) is 0 Å². The topological polar surface area (TPSA) is 63.2 Å². The van der Waals surface area contributed by atoms with Crippen molar-refractivity contribution in [3.05, 3.63) is 29.3 Å². The van der Waals surface area contributed by atoms with Crippen LogP contribution >= 0.6 is 0 Å². The second kappa shape index (κ2) is 5.53. The molecule has 0 aliphatic heterocycles. The summed E-state index contributed by atoms with van der Waals surface area (Å²) in [6.07, 6.45) is 0.529. The molecule has 0 aromatic heterocycles. The first-order valence-electron chi connectivity index (χ1n) is 5.30. The van der Waals surface area contributed by atoms with Crippen LogP contribution in [0.1, 0.15) is 30.6 Å². The summed E-state index contributed by atoms with van der Waals surface area (Å²) >= 11 is 0. The van der Waals surface area contributed by atoms with E-state index < -0.39 is 37.9 Å². The Balaban J connectivity index is 3.36. The summed E-state index contributed by atoms with van der Waals surface area (Å²) in [5.74, 6) is -3.29. The van der Waals surface area contributed by atoms with Gasteiger partial charge in [0.25, 0.3) is 0 Å². The Kier molecular flexibility index (Phi) is 4.53. The fraction of sp³-hybridized carbons (Fsp3) is 0.364. The molecule has 0 bridgehead atoms. The fourth-order valence-corrected chi connectivity index (χ4v) is 2.59. The number of halogens is 2. The number of hydrogen-bond acceptors (Lipinski definition) is 3. The van der Waals surface area contributed by atoms with Gasteiger partial charge in [0.15, 0.2) is 11.6 Å². The molecule has 0 saturated carbocycles. The van der Waals surface area contributed by atoms with Gasteiger partial charge < -0.3 is 0 Å². The highest BCUT2D eigenvalue weighted by Crippen LogP contribution is 2.21. The molecule has 0 radical (unpaired) electrons. The number of sulfonamides is 1. The van der Waals surface area contributed by atoms with Crippen molar-refractivity contribution < 1.29 is 22.0 Å². The molecule has 0 saturated heterocycles. The first-order chi connectivity index (χ1) is 8.31. The average Bonchev–Trinajstić information content (AvgIpc) is 2.25. The van der Waals surface area contributed by atoms with Crippen molar-refractivity contribution in [1.29, 1.82) is 0 Å². The molecule has 0 atom stereocenters. The Labute approximate surface area is 104 Å².